The average molecular weight is 376 g/mol. The van der Waals surface area contributed by atoms with Crippen molar-refractivity contribution in [1.29, 1.82) is 0 Å². The Kier molecular flexibility index (Phi) is 4.23. The third-order valence-electron chi connectivity index (χ3n) is 4.44. The zero-order chi connectivity index (χ0) is 19.8. The van der Waals surface area contributed by atoms with E-state index in [2.05, 4.69) is 10.1 Å². The van der Waals surface area contributed by atoms with E-state index >= 15 is 0 Å². The first-order valence-electron chi connectivity index (χ1n) is 8.68. The molecule has 0 N–H and O–H groups in total. The van der Waals surface area contributed by atoms with Gasteiger partial charge in [0, 0.05) is 23.6 Å². The summed E-state index contributed by atoms with van der Waals surface area (Å²) >= 11 is 0. The average Bonchev–Trinajstić information content (AvgIpc) is 3.13. The van der Waals surface area contributed by atoms with Crippen molar-refractivity contribution in [2.24, 2.45) is 0 Å². The number of aromatic nitrogens is 4. The van der Waals surface area contributed by atoms with Crippen molar-refractivity contribution in [2.45, 2.75) is 13.8 Å². The second kappa shape index (κ2) is 6.73. The molecular weight excluding hydrogens is 360 g/mol. The molecule has 0 aliphatic rings. The van der Waals surface area contributed by atoms with Crippen LogP contribution in [0, 0.1) is 0 Å². The van der Waals surface area contributed by atoms with Gasteiger partial charge >= 0.3 is 5.97 Å². The van der Waals surface area contributed by atoms with Gasteiger partial charge in [-0.15, -0.1) is 0 Å². The molecule has 0 bridgehead atoms. The Morgan fingerprint density at radius 3 is 2.54 bits per heavy atom. The predicted molar refractivity (Wildman–Crippen MR) is 102 cm³/mol. The van der Waals surface area contributed by atoms with E-state index in [0.717, 1.165) is 0 Å². The highest BCUT2D eigenvalue weighted by molar-refractivity contribution is 5.97. The standard InChI is InChI=1S/C20H16N4O4/c1-3-28-20(27)16-11-22-24-17-8-9-23(19(26)15(17)10-21-18(16)24)14-6-4-13(5-7-14)12(2)25/h4-11H,3H2,1-2H3. The van der Waals surface area contributed by atoms with Gasteiger partial charge in [-0.2, -0.15) is 5.10 Å². The highest BCUT2D eigenvalue weighted by Crippen LogP contribution is 2.17. The van der Waals surface area contributed by atoms with Gasteiger partial charge in [-0.25, -0.2) is 14.3 Å². The SMILES string of the molecule is CCOC(=O)c1cnn2c1ncc1c(=O)n(-c3ccc(C(C)=O)cc3)ccc12. The number of rotatable bonds is 4. The summed E-state index contributed by atoms with van der Waals surface area (Å²) in [5.74, 6) is -0.552. The Labute approximate surface area is 159 Å². The van der Waals surface area contributed by atoms with Crippen LogP contribution in [0.3, 0.4) is 0 Å². The molecule has 0 radical (unpaired) electrons. The number of ether oxygens (including phenoxy) is 1. The third-order valence-corrected chi connectivity index (χ3v) is 4.44. The first-order chi connectivity index (χ1) is 13.5. The first kappa shape index (κ1) is 17.6. The number of hydrogen-bond acceptors (Lipinski definition) is 6. The summed E-state index contributed by atoms with van der Waals surface area (Å²) in [5.41, 5.74) is 2.02. The second-order valence-electron chi connectivity index (χ2n) is 6.17. The lowest BCUT2D eigenvalue weighted by Gasteiger charge is -2.08. The lowest BCUT2D eigenvalue weighted by atomic mass is 10.1. The van der Waals surface area contributed by atoms with Crippen LogP contribution < -0.4 is 5.56 Å². The number of hydrogen-bond donors (Lipinski definition) is 0. The van der Waals surface area contributed by atoms with Crippen molar-refractivity contribution >= 4 is 28.3 Å². The van der Waals surface area contributed by atoms with Gasteiger partial charge in [0.1, 0.15) is 5.56 Å². The van der Waals surface area contributed by atoms with Gasteiger partial charge in [0.2, 0.25) is 0 Å². The molecule has 4 rings (SSSR count). The molecule has 1 aromatic carbocycles. The summed E-state index contributed by atoms with van der Waals surface area (Å²) in [6.07, 6.45) is 4.43. The molecule has 0 aliphatic carbocycles. The van der Waals surface area contributed by atoms with Gasteiger partial charge in [-0.05, 0) is 44.2 Å². The fraction of sp³-hybridized carbons (Fsp3) is 0.150. The number of fused-ring (bicyclic) bond motifs is 3. The van der Waals surface area contributed by atoms with Gasteiger partial charge < -0.3 is 4.74 Å². The molecule has 0 saturated heterocycles. The molecule has 28 heavy (non-hydrogen) atoms. The number of esters is 1. The Balaban J connectivity index is 1.86. The van der Waals surface area contributed by atoms with E-state index in [9.17, 15) is 14.4 Å². The number of carbonyl (C=O) groups is 2. The fourth-order valence-electron chi connectivity index (χ4n) is 3.03. The molecule has 0 atom stereocenters. The molecule has 3 heterocycles. The first-order valence-corrected chi connectivity index (χ1v) is 8.68. The maximum absolute atomic E-state index is 13.0. The van der Waals surface area contributed by atoms with Crippen LogP contribution in [0.15, 0.2) is 53.7 Å². The zero-order valence-electron chi connectivity index (χ0n) is 15.2. The third kappa shape index (κ3) is 2.75. The number of carbonyl (C=O) groups excluding carboxylic acids is 2. The minimum absolute atomic E-state index is 0.0416. The van der Waals surface area contributed by atoms with E-state index in [-0.39, 0.29) is 23.5 Å². The van der Waals surface area contributed by atoms with Gasteiger partial charge in [-0.1, -0.05) is 0 Å². The summed E-state index contributed by atoms with van der Waals surface area (Å²) in [5, 5.41) is 4.54. The monoisotopic (exact) mass is 376 g/mol. The van der Waals surface area contributed by atoms with Crippen LogP contribution in [0.2, 0.25) is 0 Å². The Morgan fingerprint density at radius 2 is 1.86 bits per heavy atom. The van der Waals surface area contributed by atoms with Crippen LogP contribution in [-0.4, -0.2) is 37.5 Å². The van der Waals surface area contributed by atoms with Crippen LogP contribution in [0.1, 0.15) is 34.6 Å². The van der Waals surface area contributed by atoms with Crippen LogP contribution in [0.25, 0.3) is 22.2 Å². The molecule has 3 aromatic heterocycles. The largest absolute Gasteiger partial charge is 0.462 e. The maximum atomic E-state index is 13.0. The van der Waals surface area contributed by atoms with E-state index in [1.807, 2.05) is 0 Å². The lowest BCUT2D eigenvalue weighted by molar-refractivity contribution is 0.0528. The van der Waals surface area contributed by atoms with Crippen molar-refractivity contribution in [1.82, 2.24) is 19.2 Å². The normalized spacial score (nSPS) is 11.1. The number of ketones is 1. The highest BCUT2D eigenvalue weighted by atomic mass is 16.5. The molecule has 0 saturated carbocycles. The summed E-state index contributed by atoms with van der Waals surface area (Å²) in [4.78, 5) is 40.7. The molecule has 8 nitrogen and oxygen atoms in total. The summed E-state index contributed by atoms with van der Waals surface area (Å²) in [6.45, 7) is 3.46. The number of Topliss-reactive ketones (excluding diaryl/α,β-unsaturated/α-hetero) is 1. The van der Waals surface area contributed by atoms with Crippen molar-refractivity contribution in [3.8, 4) is 5.69 Å². The van der Waals surface area contributed by atoms with Gasteiger partial charge in [0.25, 0.3) is 5.56 Å². The molecule has 0 aliphatic heterocycles. The quantitative estimate of drug-likeness (QED) is 0.401. The molecule has 4 aromatic rings. The van der Waals surface area contributed by atoms with Crippen LogP contribution in [0.5, 0.6) is 0 Å². The molecule has 0 amide bonds. The van der Waals surface area contributed by atoms with E-state index in [1.54, 1.807) is 43.5 Å². The van der Waals surface area contributed by atoms with Crippen LogP contribution >= 0.6 is 0 Å². The molecule has 0 fully saturated rings. The van der Waals surface area contributed by atoms with Gasteiger partial charge in [0.15, 0.2) is 11.4 Å². The van der Waals surface area contributed by atoms with E-state index in [4.69, 9.17) is 4.74 Å². The van der Waals surface area contributed by atoms with Crippen LogP contribution in [0.4, 0.5) is 0 Å². The number of benzene rings is 1. The summed E-state index contributed by atoms with van der Waals surface area (Å²) in [7, 11) is 0. The van der Waals surface area contributed by atoms with Crippen molar-refractivity contribution in [2.75, 3.05) is 6.61 Å². The van der Waals surface area contributed by atoms with Crippen molar-refractivity contribution in [3.05, 3.63) is 70.4 Å². The summed E-state index contributed by atoms with van der Waals surface area (Å²) < 4.78 is 7.93. The Bertz CT molecular complexity index is 1290. The zero-order valence-corrected chi connectivity index (χ0v) is 15.2. The van der Waals surface area contributed by atoms with E-state index < -0.39 is 5.97 Å². The minimum Gasteiger partial charge on any atom is -0.462 e. The molecule has 0 unspecified atom stereocenters. The molecule has 8 heteroatoms. The van der Waals surface area contributed by atoms with Crippen molar-refractivity contribution < 1.29 is 14.3 Å². The van der Waals surface area contributed by atoms with Gasteiger partial charge in [0.05, 0.1) is 23.7 Å². The smallest absolute Gasteiger partial charge is 0.343 e. The predicted octanol–water partition coefficient (Wildman–Crippen LogP) is 2.41. The molecular formula is C20H16N4O4. The second-order valence-corrected chi connectivity index (χ2v) is 6.17. The Hall–Kier alpha value is -3.81. The van der Waals surface area contributed by atoms with E-state index in [1.165, 1.54) is 28.4 Å². The highest BCUT2D eigenvalue weighted by Gasteiger charge is 2.17. The lowest BCUT2D eigenvalue weighted by Crippen LogP contribution is -2.19. The van der Waals surface area contributed by atoms with Crippen LogP contribution in [-0.2, 0) is 4.74 Å². The molecule has 0 spiro atoms. The van der Waals surface area contributed by atoms with Gasteiger partial charge in [-0.3, -0.25) is 14.2 Å². The number of nitrogens with zero attached hydrogens (tertiary/aromatic N) is 4. The number of pyridine rings is 1. The molecule has 140 valence electrons. The Morgan fingerprint density at radius 1 is 1.11 bits per heavy atom. The van der Waals surface area contributed by atoms with Crippen molar-refractivity contribution in [3.63, 3.8) is 0 Å². The van der Waals surface area contributed by atoms with E-state index in [0.29, 0.717) is 27.8 Å². The minimum atomic E-state index is -0.511. The topological polar surface area (TPSA) is 95.6 Å². The summed E-state index contributed by atoms with van der Waals surface area (Å²) in [6, 6.07) is 8.50. The maximum Gasteiger partial charge on any atom is 0.343 e. The fourth-order valence-corrected chi connectivity index (χ4v) is 3.03.